The molecule has 1 aliphatic rings. The molecule has 16 heavy (non-hydrogen) atoms. The molecule has 6 nitrogen and oxygen atoms in total. The smallest absolute Gasteiger partial charge is 0.332 e. The molecule has 0 bridgehead atoms. The summed E-state index contributed by atoms with van der Waals surface area (Å²) in [5, 5.41) is 11.5. The summed E-state index contributed by atoms with van der Waals surface area (Å²) in [5.41, 5.74) is -1.32. The van der Waals surface area contributed by atoms with Crippen LogP contribution in [-0.4, -0.2) is 54.4 Å². The lowest BCUT2D eigenvalue weighted by molar-refractivity contribution is -0.144. The molecule has 0 aromatic rings. The quantitative estimate of drug-likeness (QED) is 0.636. The van der Waals surface area contributed by atoms with E-state index < -0.39 is 17.5 Å². The highest BCUT2D eigenvalue weighted by Gasteiger charge is 2.44. The summed E-state index contributed by atoms with van der Waals surface area (Å²) in [7, 11) is 1.50. The number of terminal acetylenes is 1. The third-order valence-electron chi connectivity index (χ3n) is 2.45. The average molecular weight is 226 g/mol. The Morgan fingerprint density at radius 1 is 1.69 bits per heavy atom. The van der Waals surface area contributed by atoms with Gasteiger partial charge in [-0.3, -0.25) is 0 Å². The number of nitrogens with one attached hydrogen (secondary N) is 1. The van der Waals surface area contributed by atoms with Gasteiger partial charge in [0.15, 0.2) is 5.54 Å². The van der Waals surface area contributed by atoms with E-state index >= 15 is 0 Å². The van der Waals surface area contributed by atoms with Crippen LogP contribution in [0.1, 0.15) is 6.42 Å². The van der Waals surface area contributed by atoms with Gasteiger partial charge in [0.05, 0.1) is 13.2 Å². The fraction of sp³-hybridized carbons (Fsp3) is 0.600. The van der Waals surface area contributed by atoms with Crippen molar-refractivity contribution in [1.82, 2.24) is 10.2 Å². The zero-order valence-corrected chi connectivity index (χ0v) is 9.02. The molecule has 0 aliphatic carbocycles. The third-order valence-corrected chi connectivity index (χ3v) is 2.45. The number of amides is 2. The molecule has 0 radical (unpaired) electrons. The molecule has 1 aliphatic heterocycles. The van der Waals surface area contributed by atoms with Gasteiger partial charge in [-0.1, -0.05) is 5.92 Å². The van der Waals surface area contributed by atoms with Crippen molar-refractivity contribution in [1.29, 1.82) is 0 Å². The van der Waals surface area contributed by atoms with E-state index in [-0.39, 0.29) is 19.6 Å². The molecule has 1 heterocycles. The zero-order chi connectivity index (χ0) is 12.2. The average Bonchev–Trinajstić information content (AvgIpc) is 2.68. The van der Waals surface area contributed by atoms with Crippen LogP contribution in [0.5, 0.6) is 0 Å². The Kier molecular flexibility index (Phi) is 3.74. The van der Waals surface area contributed by atoms with E-state index in [1.54, 1.807) is 0 Å². The highest BCUT2D eigenvalue weighted by atomic mass is 16.5. The Balaban J connectivity index is 2.67. The Morgan fingerprint density at radius 3 is 2.81 bits per heavy atom. The van der Waals surface area contributed by atoms with Crippen molar-refractivity contribution in [3.8, 4) is 12.3 Å². The van der Waals surface area contributed by atoms with Crippen LogP contribution in [0.4, 0.5) is 4.79 Å². The van der Waals surface area contributed by atoms with E-state index in [4.69, 9.17) is 16.3 Å². The number of nitrogens with zero attached hydrogens (tertiary/aromatic N) is 1. The van der Waals surface area contributed by atoms with Gasteiger partial charge in [-0.25, -0.2) is 9.59 Å². The van der Waals surface area contributed by atoms with Crippen molar-refractivity contribution in [2.75, 3.05) is 26.8 Å². The van der Waals surface area contributed by atoms with Crippen LogP contribution >= 0.6 is 0 Å². The van der Waals surface area contributed by atoms with Crippen LogP contribution in [0.3, 0.4) is 0 Å². The molecule has 2 N–H and O–H groups in total. The van der Waals surface area contributed by atoms with Crippen molar-refractivity contribution >= 4 is 12.0 Å². The zero-order valence-electron chi connectivity index (χ0n) is 9.02. The number of carboxylic acid groups (broad SMARTS) is 1. The molecule has 2 amide bonds. The molecule has 88 valence electrons. The highest BCUT2D eigenvalue weighted by Crippen LogP contribution is 2.19. The third kappa shape index (κ3) is 2.44. The SMILES string of the molecule is C#CCN(C)C(=O)NC1(C(=O)O)CCOC1. The number of rotatable bonds is 3. The summed E-state index contributed by atoms with van der Waals surface area (Å²) in [6, 6.07) is -0.508. The monoisotopic (exact) mass is 226 g/mol. The molecular weight excluding hydrogens is 212 g/mol. The van der Waals surface area contributed by atoms with Crippen molar-refractivity contribution in [3.05, 3.63) is 0 Å². The minimum Gasteiger partial charge on any atom is -0.479 e. The molecule has 6 heteroatoms. The van der Waals surface area contributed by atoms with E-state index in [0.717, 1.165) is 0 Å². The van der Waals surface area contributed by atoms with Gasteiger partial charge in [0.1, 0.15) is 0 Å². The summed E-state index contributed by atoms with van der Waals surface area (Å²) in [6.45, 7) is 0.436. The second-order valence-electron chi connectivity index (χ2n) is 3.68. The van der Waals surface area contributed by atoms with Gasteiger partial charge < -0.3 is 20.1 Å². The second-order valence-corrected chi connectivity index (χ2v) is 3.68. The number of hydrogen-bond donors (Lipinski definition) is 2. The first-order valence-electron chi connectivity index (χ1n) is 4.80. The van der Waals surface area contributed by atoms with Gasteiger partial charge in [0.2, 0.25) is 0 Å². The molecule has 0 saturated carbocycles. The highest BCUT2D eigenvalue weighted by molar-refractivity contribution is 5.86. The molecule has 1 atom stereocenters. The Morgan fingerprint density at radius 2 is 2.38 bits per heavy atom. The lowest BCUT2D eigenvalue weighted by atomic mass is 9.99. The van der Waals surface area contributed by atoms with Gasteiger partial charge in [0, 0.05) is 20.1 Å². The molecule has 0 aromatic carbocycles. The van der Waals surface area contributed by atoms with E-state index in [2.05, 4.69) is 11.2 Å². The van der Waals surface area contributed by atoms with E-state index in [1.165, 1.54) is 11.9 Å². The van der Waals surface area contributed by atoms with E-state index in [0.29, 0.717) is 6.61 Å². The Hall–Kier alpha value is -1.74. The number of ether oxygens (including phenoxy) is 1. The fourth-order valence-electron chi connectivity index (χ4n) is 1.39. The maximum Gasteiger partial charge on any atom is 0.332 e. The topological polar surface area (TPSA) is 78.9 Å². The van der Waals surface area contributed by atoms with Crippen LogP contribution in [0.2, 0.25) is 0 Å². The molecule has 0 aromatic heterocycles. The van der Waals surface area contributed by atoms with Gasteiger partial charge in [-0.05, 0) is 0 Å². The summed E-state index contributed by atoms with van der Waals surface area (Å²) >= 11 is 0. The standard InChI is InChI=1S/C10H14N2O4/c1-3-5-12(2)9(15)11-10(8(13)14)4-6-16-7-10/h1H,4-7H2,2H3,(H,11,15)(H,13,14). The first-order valence-corrected chi connectivity index (χ1v) is 4.80. The minimum atomic E-state index is -1.32. The van der Waals surface area contributed by atoms with Crippen LogP contribution in [0.25, 0.3) is 0 Å². The maximum atomic E-state index is 11.6. The van der Waals surface area contributed by atoms with Gasteiger partial charge >= 0.3 is 12.0 Å². The van der Waals surface area contributed by atoms with E-state index in [1.807, 2.05) is 0 Å². The molecule has 1 unspecified atom stereocenters. The van der Waals surface area contributed by atoms with Crippen molar-refractivity contribution in [2.45, 2.75) is 12.0 Å². The minimum absolute atomic E-state index is 0.0159. The summed E-state index contributed by atoms with van der Waals surface area (Å²) in [5.74, 6) is 1.21. The maximum absolute atomic E-state index is 11.6. The first kappa shape index (κ1) is 12.3. The van der Waals surface area contributed by atoms with Crippen LogP contribution in [0.15, 0.2) is 0 Å². The fourth-order valence-corrected chi connectivity index (χ4v) is 1.39. The Bertz CT molecular complexity index is 328. The number of aliphatic carboxylic acids is 1. The largest absolute Gasteiger partial charge is 0.479 e. The molecule has 1 saturated heterocycles. The predicted molar refractivity (Wildman–Crippen MR) is 55.8 cm³/mol. The molecule has 1 fully saturated rings. The predicted octanol–water partition coefficient (Wildman–Crippen LogP) is -0.495. The molecule has 0 spiro atoms. The lowest BCUT2D eigenvalue weighted by Crippen LogP contribution is -2.58. The van der Waals surface area contributed by atoms with Crippen molar-refractivity contribution < 1.29 is 19.4 Å². The number of hydrogen-bond acceptors (Lipinski definition) is 3. The number of carbonyl (C=O) groups is 2. The first-order chi connectivity index (χ1) is 7.52. The summed E-state index contributed by atoms with van der Waals surface area (Å²) in [4.78, 5) is 23.9. The summed E-state index contributed by atoms with van der Waals surface area (Å²) in [6.07, 6.45) is 5.32. The molecular formula is C10H14N2O4. The van der Waals surface area contributed by atoms with Crippen LogP contribution < -0.4 is 5.32 Å². The lowest BCUT2D eigenvalue weighted by Gasteiger charge is -2.26. The van der Waals surface area contributed by atoms with Gasteiger partial charge in [-0.2, -0.15) is 0 Å². The number of urea groups is 1. The Labute approximate surface area is 93.6 Å². The van der Waals surface area contributed by atoms with Crippen LogP contribution in [-0.2, 0) is 9.53 Å². The molecule has 1 rings (SSSR count). The van der Waals surface area contributed by atoms with Gasteiger partial charge in [-0.15, -0.1) is 6.42 Å². The van der Waals surface area contributed by atoms with E-state index in [9.17, 15) is 9.59 Å². The van der Waals surface area contributed by atoms with Crippen molar-refractivity contribution in [3.63, 3.8) is 0 Å². The summed E-state index contributed by atoms with van der Waals surface area (Å²) < 4.78 is 5.01. The van der Waals surface area contributed by atoms with Crippen LogP contribution in [0, 0.1) is 12.3 Å². The normalized spacial score (nSPS) is 23.5. The van der Waals surface area contributed by atoms with Gasteiger partial charge in [0.25, 0.3) is 0 Å². The van der Waals surface area contributed by atoms with Crippen molar-refractivity contribution in [2.24, 2.45) is 0 Å². The number of carbonyl (C=O) groups excluding carboxylic acids is 1. The second kappa shape index (κ2) is 4.86. The number of carboxylic acids is 1.